The van der Waals surface area contributed by atoms with E-state index in [1.54, 1.807) is 11.1 Å². The molecule has 1 aliphatic heterocycles. The van der Waals surface area contributed by atoms with Gasteiger partial charge in [-0.3, -0.25) is 9.89 Å². The van der Waals surface area contributed by atoms with Crippen LogP contribution in [0.1, 0.15) is 17.7 Å². The monoisotopic (exact) mass is 282 g/mol. The number of nitrogens with zero attached hydrogens (tertiary/aromatic N) is 2. The van der Waals surface area contributed by atoms with Crippen molar-refractivity contribution in [2.24, 2.45) is 0 Å². The van der Waals surface area contributed by atoms with Crippen LogP contribution in [0.2, 0.25) is 0 Å². The number of morpholine rings is 1. The van der Waals surface area contributed by atoms with Crippen LogP contribution in [0.25, 0.3) is 0 Å². The Bertz CT molecular complexity index is 488. The number of H-pyrrole nitrogens is 1. The Balaban J connectivity index is 1.82. The summed E-state index contributed by atoms with van der Waals surface area (Å²) in [4.78, 5) is 24.2. The second-order valence-corrected chi connectivity index (χ2v) is 4.72. The van der Waals surface area contributed by atoms with Crippen LogP contribution in [0.5, 0.6) is 0 Å². The fourth-order valence-electron chi connectivity index (χ4n) is 2.06. The molecule has 0 bridgehead atoms. The second-order valence-electron chi connectivity index (χ2n) is 4.72. The summed E-state index contributed by atoms with van der Waals surface area (Å²) in [6, 6.07) is -0.218. The maximum absolute atomic E-state index is 12.0. The number of aromatic nitrogens is 2. The molecule has 1 unspecified atom stereocenters. The number of carbonyl (C=O) groups excluding carboxylic acids is 1. The minimum Gasteiger partial charge on any atom is -0.481 e. The summed E-state index contributed by atoms with van der Waals surface area (Å²) < 4.78 is 5.32. The van der Waals surface area contributed by atoms with Gasteiger partial charge in [-0.25, -0.2) is 4.79 Å². The molecule has 1 atom stereocenters. The van der Waals surface area contributed by atoms with Crippen molar-refractivity contribution in [1.82, 2.24) is 20.4 Å². The van der Waals surface area contributed by atoms with Crippen molar-refractivity contribution in [3.05, 3.63) is 17.5 Å². The Kier molecular flexibility index (Phi) is 4.57. The van der Waals surface area contributed by atoms with Crippen molar-refractivity contribution >= 4 is 12.0 Å². The molecule has 2 heterocycles. The molecule has 0 spiro atoms. The number of rotatable bonds is 4. The number of aliphatic carboxylic acids is 1. The lowest BCUT2D eigenvalue weighted by atomic mass is 10.2. The molecule has 8 nitrogen and oxygen atoms in total. The molecule has 2 rings (SSSR count). The van der Waals surface area contributed by atoms with E-state index in [-0.39, 0.29) is 12.5 Å². The third-order valence-corrected chi connectivity index (χ3v) is 3.19. The Morgan fingerprint density at radius 3 is 3.10 bits per heavy atom. The molecule has 0 aliphatic carbocycles. The maximum atomic E-state index is 12.0. The molecule has 1 fully saturated rings. The van der Waals surface area contributed by atoms with Crippen LogP contribution in [0.15, 0.2) is 6.20 Å². The number of aromatic amines is 1. The largest absolute Gasteiger partial charge is 0.481 e. The van der Waals surface area contributed by atoms with E-state index in [1.165, 1.54) is 0 Å². The summed E-state index contributed by atoms with van der Waals surface area (Å²) in [7, 11) is 0. The second kappa shape index (κ2) is 6.38. The number of nitrogens with one attached hydrogen (secondary N) is 2. The highest BCUT2D eigenvalue weighted by atomic mass is 16.5. The van der Waals surface area contributed by atoms with Crippen LogP contribution < -0.4 is 5.32 Å². The Morgan fingerprint density at radius 1 is 1.65 bits per heavy atom. The van der Waals surface area contributed by atoms with Gasteiger partial charge in [0.15, 0.2) is 0 Å². The smallest absolute Gasteiger partial charge is 0.317 e. The molecule has 1 saturated heterocycles. The number of carboxylic acids is 1. The third-order valence-electron chi connectivity index (χ3n) is 3.19. The lowest BCUT2D eigenvalue weighted by Gasteiger charge is -2.32. The minimum absolute atomic E-state index is 0.0926. The zero-order chi connectivity index (χ0) is 14.5. The zero-order valence-electron chi connectivity index (χ0n) is 11.3. The van der Waals surface area contributed by atoms with Crippen molar-refractivity contribution < 1.29 is 19.4 Å². The number of hydrogen-bond donors (Lipinski definition) is 3. The summed E-state index contributed by atoms with van der Waals surface area (Å²) in [6.07, 6.45) is 1.13. The predicted molar refractivity (Wildman–Crippen MR) is 69.1 cm³/mol. The van der Waals surface area contributed by atoms with Gasteiger partial charge >= 0.3 is 12.0 Å². The fraction of sp³-hybridized carbons (Fsp3) is 0.583. The first-order valence-corrected chi connectivity index (χ1v) is 6.41. The summed E-state index contributed by atoms with van der Waals surface area (Å²) in [5.74, 6) is -0.925. The number of amides is 2. The van der Waals surface area contributed by atoms with Crippen LogP contribution in [0.3, 0.4) is 0 Å². The number of hydrogen-bond acceptors (Lipinski definition) is 4. The van der Waals surface area contributed by atoms with Crippen molar-refractivity contribution in [2.45, 2.75) is 26.0 Å². The van der Waals surface area contributed by atoms with E-state index >= 15 is 0 Å². The fourth-order valence-corrected chi connectivity index (χ4v) is 2.06. The number of carboxylic acid groups (broad SMARTS) is 1. The van der Waals surface area contributed by atoms with E-state index in [4.69, 9.17) is 9.84 Å². The van der Waals surface area contributed by atoms with Gasteiger partial charge in [0.2, 0.25) is 0 Å². The van der Waals surface area contributed by atoms with Gasteiger partial charge in [0, 0.05) is 30.9 Å². The topological polar surface area (TPSA) is 108 Å². The minimum atomic E-state index is -0.925. The van der Waals surface area contributed by atoms with Gasteiger partial charge in [-0.15, -0.1) is 0 Å². The Labute approximate surface area is 116 Å². The van der Waals surface area contributed by atoms with Crippen molar-refractivity contribution in [3.63, 3.8) is 0 Å². The van der Waals surface area contributed by atoms with Crippen LogP contribution in [-0.2, 0) is 16.1 Å². The molecule has 0 radical (unpaired) electrons. The Hall–Kier alpha value is -2.09. The average Bonchev–Trinajstić information content (AvgIpc) is 2.81. The highest BCUT2D eigenvalue weighted by Gasteiger charge is 2.25. The van der Waals surface area contributed by atoms with Crippen molar-refractivity contribution in [1.29, 1.82) is 0 Å². The quantitative estimate of drug-likeness (QED) is 0.726. The molecule has 0 aromatic carbocycles. The zero-order valence-corrected chi connectivity index (χ0v) is 11.3. The van der Waals surface area contributed by atoms with Crippen LogP contribution >= 0.6 is 0 Å². The molecule has 1 aromatic heterocycles. The molecule has 1 aromatic rings. The summed E-state index contributed by atoms with van der Waals surface area (Å²) in [6.45, 7) is 3.39. The number of carbonyl (C=O) groups is 2. The predicted octanol–water partition coefficient (Wildman–Crippen LogP) is 0.103. The van der Waals surface area contributed by atoms with Crippen LogP contribution in [0, 0.1) is 6.92 Å². The van der Waals surface area contributed by atoms with E-state index in [0.717, 1.165) is 11.3 Å². The van der Waals surface area contributed by atoms with Gasteiger partial charge in [-0.1, -0.05) is 0 Å². The molecule has 3 N–H and O–H groups in total. The number of aryl methyl sites for hydroxylation is 1. The van der Waals surface area contributed by atoms with E-state index in [2.05, 4.69) is 15.5 Å². The highest BCUT2D eigenvalue weighted by molar-refractivity contribution is 5.74. The van der Waals surface area contributed by atoms with Gasteiger partial charge in [-0.05, 0) is 6.92 Å². The molecular weight excluding hydrogens is 264 g/mol. The van der Waals surface area contributed by atoms with Gasteiger partial charge in [0.1, 0.15) is 0 Å². The lowest BCUT2D eigenvalue weighted by molar-refractivity contribution is -0.141. The molecule has 8 heteroatoms. The van der Waals surface area contributed by atoms with E-state index in [9.17, 15) is 9.59 Å². The van der Waals surface area contributed by atoms with E-state index < -0.39 is 12.1 Å². The van der Waals surface area contributed by atoms with Crippen molar-refractivity contribution in [3.8, 4) is 0 Å². The molecule has 1 aliphatic rings. The number of ether oxygens (including phenoxy) is 1. The SMILES string of the molecule is Cc1[nH]ncc1CNC(=O)N1CCOC(CC(=O)O)C1. The van der Waals surface area contributed by atoms with E-state index in [1.807, 2.05) is 6.92 Å². The van der Waals surface area contributed by atoms with E-state index in [0.29, 0.717) is 26.2 Å². The van der Waals surface area contributed by atoms with Crippen LogP contribution in [0.4, 0.5) is 4.79 Å². The summed E-state index contributed by atoms with van der Waals surface area (Å²) in [5, 5.41) is 18.2. The molecular formula is C12H18N4O4. The summed E-state index contributed by atoms with van der Waals surface area (Å²) >= 11 is 0. The van der Waals surface area contributed by atoms with Gasteiger partial charge in [0.05, 0.1) is 25.3 Å². The van der Waals surface area contributed by atoms with Gasteiger partial charge in [-0.2, -0.15) is 5.10 Å². The van der Waals surface area contributed by atoms with Gasteiger partial charge in [0.25, 0.3) is 0 Å². The average molecular weight is 282 g/mol. The first kappa shape index (κ1) is 14.3. The normalized spacial score (nSPS) is 18.9. The van der Waals surface area contributed by atoms with Crippen molar-refractivity contribution in [2.75, 3.05) is 19.7 Å². The van der Waals surface area contributed by atoms with Crippen LogP contribution in [-0.4, -0.2) is 58.0 Å². The molecule has 20 heavy (non-hydrogen) atoms. The van der Waals surface area contributed by atoms with Gasteiger partial charge < -0.3 is 20.1 Å². The highest BCUT2D eigenvalue weighted by Crippen LogP contribution is 2.09. The molecule has 2 amide bonds. The standard InChI is InChI=1S/C12H18N4O4/c1-8-9(6-14-15-8)5-13-12(19)16-2-3-20-10(7-16)4-11(17)18/h6,10H,2-5,7H2,1H3,(H,13,19)(H,14,15)(H,17,18). The Morgan fingerprint density at radius 2 is 2.45 bits per heavy atom. The molecule has 110 valence electrons. The molecule has 0 saturated carbocycles. The maximum Gasteiger partial charge on any atom is 0.317 e. The first-order valence-electron chi connectivity index (χ1n) is 6.41. The lowest BCUT2D eigenvalue weighted by Crippen LogP contribution is -2.49. The number of urea groups is 1. The third kappa shape index (κ3) is 3.70. The first-order chi connectivity index (χ1) is 9.56. The summed E-state index contributed by atoms with van der Waals surface area (Å²) in [5.41, 5.74) is 1.84.